The summed E-state index contributed by atoms with van der Waals surface area (Å²) >= 11 is 0. The quantitative estimate of drug-likeness (QED) is 0.570. The van der Waals surface area contributed by atoms with Crippen LogP contribution >= 0.6 is 0 Å². The minimum Gasteiger partial charge on any atom is -0.497 e. The van der Waals surface area contributed by atoms with Crippen molar-refractivity contribution in [3.63, 3.8) is 0 Å². The lowest BCUT2D eigenvalue weighted by Crippen LogP contribution is -2.40. The van der Waals surface area contributed by atoms with Crippen LogP contribution in [0.1, 0.15) is 37.5 Å². The first-order valence-corrected chi connectivity index (χ1v) is 10.7. The average molecular weight is 430 g/mol. The number of methoxy groups -OCH3 is 2. The van der Waals surface area contributed by atoms with Gasteiger partial charge in [0.05, 0.1) is 25.3 Å². The van der Waals surface area contributed by atoms with Gasteiger partial charge < -0.3 is 24.6 Å². The molecule has 164 valence electrons. The number of hydrogen-bond acceptors (Lipinski definition) is 5. The zero-order valence-corrected chi connectivity index (χ0v) is 18.9. The minimum absolute atomic E-state index is 0.204. The Morgan fingerprint density at radius 3 is 2.47 bits per heavy atom. The smallest absolute Gasteiger partial charge is 0.263 e. The molecule has 3 aromatic carbocycles. The van der Waals surface area contributed by atoms with E-state index in [4.69, 9.17) is 14.2 Å². The highest BCUT2D eigenvalue weighted by atomic mass is 16.6. The summed E-state index contributed by atoms with van der Waals surface area (Å²) in [6, 6.07) is 17.1. The van der Waals surface area contributed by atoms with Gasteiger partial charge in [-0.2, -0.15) is 0 Å². The van der Waals surface area contributed by atoms with Gasteiger partial charge in [-0.3, -0.25) is 0 Å². The van der Waals surface area contributed by atoms with Crippen LogP contribution in [0.2, 0.25) is 0 Å². The molecule has 0 aromatic heterocycles. The second kappa shape index (κ2) is 7.04. The van der Waals surface area contributed by atoms with Crippen LogP contribution in [0.25, 0.3) is 16.7 Å². The number of hydrogen-bond donors (Lipinski definition) is 2. The molecule has 2 heterocycles. The Morgan fingerprint density at radius 2 is 1.72 bits per heavy atom. The highest BCUT2D eigenvalue weighted by Gasteiger charge is 2.45. The summed E-state index contributed by atoms with van der Waals surface area (Å²) in [4.78, 5) is 0. The summed E-state index contributed by atoms with van der Waals surface area (Å²) in [5.74, 6) is 0.191. The molecule has 0 saturated carbocycles. The van der Waals surface area contributed by atoms with E-state index in [1.165, 1.54) is 0 Å². The van der Waals surface area contributed by atoms with Gasteiger partial charge >= 0.3 is 0 Å². The Bertz CT molecular complexity index is 1260. The monoisotopic (exact) mass is 429 g/mol. The van der Waals surface area contributed by atoms with E-state index in [2.05, 4.69) is 38.2 Å². The lowest BCUT2D eigenvalue weighted by molar-refractivity contribution is -0.110. The third-order valence-corrected chi connectivity index (χ3v) is 6.17. The van der Waals surface area contributed by atoms with Crippen molar-refractivity contribution in [3.8, 4) is 28.4 Å². The van der Waals surface area contributed by atoms with Gasteiger partial charge in [-0.25, -0.2) is 0 Å². The summed E-state index contributed by atoms with van der Waals surface area (Å²) in [7, 11) is 3.26. The van der Waals surface area contributed by atoms with E-state index in [0.29, 0.717) is 28.4 Å². The first kappa shape index (κ1) is 20.5. The standard InChI is InChI=1S/C27H27NO4/c1-16-15-26(2,3)28-20-13-12-19-24-21(31-5)10-7-11-22(24)32-27(29,25(19)23(16)20)17-8-6-9-18(14-17)30-4/h6-15,28-29H,1-5H3. The van der Waals surface area contributed by atoms with Crippen LogP contribution in [0.4, 0.5) is 5.69 Å². The Hall–Kier alpha value is -3.44. The molecule has 2 aliphatic heterocycles. The zero-order chi connectivity index (χ0) is 22.7. The maximum absolute atomic E-state index is 12.3. The second-order valence-electron chi connectivity index (χ2n) is 8.90. The molecular weight excluding hydrogens is 402 g/mol. The molecule has 2 aliphatic rings. The van der Waals surface area contributed by atoms with Crippen LogP contribution in [0.15, 0.2) is 60.7 Å². The number of aliphatic hydroxyl groups is 1. The molecule has 0 bridgehead atoms. The molecule has 32 heavy (non-hydrogen) atoms. The summed E-state index contributed by atoms with van der Waals surface area (Å²) in [6.45, 7) is 6.33. The number of nitrogens with one attached hydrogen (secondary N) is 1. The van der Waals surface area contributed by atoms with Crippen LogP contribution < -0.4 is 19.5 Å². The van der Waals surface area contributed by atoms with Crippen LogP contribution in [0.5, 0.6) is 17.2 Å². The minimum atomic E-state index is -1.72. The molecule has 3 aromatic rings. The maximum atomic E-state index is 12.3. The predicted octanol–water partition coefficient (Wildman–Crippen LogP) is 5.56. The molecule has 1 unspecified atom stereocenters. The number of rotatable bonds is 3. The largest absolute Gasteiger partial charge is 0.497 e. The van der Waals surface area contributed by atoms with Gasteiger partial charge in [-0.15, -0.1) is 0 Å². The number of anilines is 1. The fourth-order valence-electron chi connectivity index (χ4n) is 4.95. The Labute approximate surface area is 188 Å². The molecule has 0 fully saturated rings. The Kier molecular flexibility index (Phi) is 4.50. The van der Waals surface area contributed by atoms with Crippen molar-refractivity contribution in [2.24, 2.45) is 0 Å². The maximum Gasteiger partial charge on any atom is 0.263 e. The lowest BCUT2D eigenvalue weighted by Gasteiger charge is -2.41. The molecule has 0 radical (unpaired) electrons. The van der Waals surface area contributed by atoms with Crippen molar-refractivity contribution in [3.05, 3.63) is 77.4 Å². The van der Waals surface area contributed by atoms with Gasteiger partial charge in [-0.1, -0.05) is 30.3 Å². The molecule has 0 saturated heterocycles. The number of fused-ring (bicyclic) bond motifs is 5. The van der Waals surface area contributed by atoms with Crippen molar-refractivity contribution in [1.29, 1.82) is 0 Å². The van der Waals surface area contributed by atoms with Crippen molar-refractivity contribution in [2.45, 2.75) is 32.1 Å². The summed E-state index contributed by atoms with van der Waals surface area (Å²) in [6.07, 6.45) is 2.18. The van der Waals surface area contributed by atoms with E-state index in [9.17, 15) is 5.11 Å². The van der Waals surface area contributed by atoms with Gasteiger partial charge in [0.1, 0.15) is 17.2 Å². The number of ether oxygens (including phenoxy) is 3. The van der Waals surface area contributed by atoms with Crippen LogP contribution in [-0.4, -0.2) is 24.9 Å². The van der Waals surface area contributed by atoms with Crippen molar-refractivity contribution < 1.29 is 19.3 Å². The molecule has 5 heteroatoms. The average Bonchev–Trinajstić information content (AvgIpc) is 2.77. The molecule has 0 aliphatic carbocycles. The van der Waals surface area contributed by atoms with E-state index in [1.807, 2.05) is 48.5 Å². The van der Waals surface area contributed by atoms with E-state index in [0.717, 1.165) is 28.0 Å². The second-order valence-corrected chi connectivity index (χ2v) is 8.90. The number of allylic oxidation sites excluding steroid dienone is 1. The third-order valence-electron chi connectivity index (χ3n) is 6.17. The highest BCUT2D eigenvalue weighted by Crippen LogP contribution is 2.54. The Balaban J connectivity index is 1.87. The highest BCUT2D eigenvalue weighted by molar-refractivity contribution is 5.92. The molecule has 1 atom stereocenters. The normalized spacial score (nSPS) is 20.0. The predicted molar refractivity (Wildman–Crippen MR) is 126 cm³/mol. The van der Waals surface area contributed by atoms with Crippen molar-refractivity contribution >= 4 is 11.3 Å². The first-order valence-electron chi connectivity index (χ1n) is 10.7. The summed E-state index contributed by atoms with van der Waals surface area (Å²) < 4.78 is 17.5. The van der Waals surface area contributed by atoms with Crippen LogP contribution in [0.3, 0.4) is 0 Å². The van der Waals surface area contributed by atoms with E-state index in [1.54, 1.807) is 14.2 Å². The molecule has 2 N–H and O–H groups in total. The van der Waals surface area contributed by atoms with Crippen molar-refractivity contribution in [1.82, 2.24) is 0 Å². The van der Waals surface area contributed by atoms with E-state index < -0.39 is 5.79 Å². The third kappa shape index (κ3) is 2.96. The molecule has 0 spiro atoms. The van der Waals surface area contributed by atoms with Crippen molar-refractivity contribution in [2.75, 3.05) is 19.5 Å². The van der Waals surface area contributed by atoms with Gasteiger partial charge in [0, 0.05) is 27.9 Å². The van der Waals surface area contributed by atoms with E-state index >= 15 is 0 Å². The van der Waals surface area contributed by atoms with Gasteiger partial charge in [0.2, 0.25) is 0 Å². The zero-order valence-electron chi connectivity index (χ0n) is 18.9. The fourth-order valence-corrected chi connectivity index (χ4v) is 4.95. The first-order chi connectivity index (χ1) is 15.3. The SMILES string of the molecule is COc1cccc(C2(O)Oc3cccc(OC)c3-c3ccc4c(c32)C(C)=CC(C)(C)N4)c1. The van der Waals surface area contributed by atoms with Crippen LogP contribution in [0, 0.1) is 0 Å². The van der Waals surface area contributed by atoms with Crippen LogP contribution in [-0.2, 0) is 5.79 Å². The molecular formula is C27H27NO4. The summed E-state index contributed by atoms with van der Waals surface area (Å²) in [5.41, 5.74) is 5.75. The summed E-state index contributed by atoms with van der Waals surface area (Å²) in [5, 5.41) is 15.8. The molecule has 5 rings (SSSR count). The fraction of sp³-hybridized carbons (Fsp3) is 0.259. The van der Waals surface area contributed by atoms with Gasteiger partial charge in [0.15, 0.2) is 0 Å². The van der Waals surface area contributed by atoms with Gasteiger partial charge in [0.25, 0.3) is 5.79 Å². The van der Waals surface area contributed by atoms with E-state index in [-0.39, 0.29) is 5.54 Å². The van der Waals surface area contributed by atoms with Gasteiger partial charge in [-0.05, 0) is 56.7 Å². The topological polar surface area (TPSA) is 60.0 Å². The molecule has 0 amide bonds. The Morgan fingerprint density at radius 1 is 0.938 bits per heavy atom. The molecule has 5 nitrogen and oxygen atoms in total. The number of benzene rings is 3. The lowest BCUT2D eigenvalue weighted by atomic mass is 9.78.